The topological polar surface area (TPSA) is 87.5 Å². The third-order valence-corrected chi connectivity index (χ3v) is 7.81. The second-order valence-electron chi connectivity index (χ2n) is 10.8. The highest BCUT2D eigenvalue weighted by Crippen LogP contribution is 2.38. The third kappa shape index (κ3) is 5.02. The smallest absolute Gasteiger partial charge is 0.258 e. The van der Waals surface area contributed by atoms with Gasteiger partial charge in [0.2, 0.25) is 11.8 Å². The number of hydrogen-bond acceptors (Lipinski definition) is 5. The summed E-state index contributed by atoms with van der Waals surface area (Å²) in [6.45, 7) is 6.84. The Bertz CT molecular complexity index is 1610. The molecule has 0 aliphatic carbocycles. The quantitative estimate of drug-likeness (QED) is 0.330. The highest BCUT2D eigenvalue weighted by atomic mass is 16.2. The molecule has 2 aromatic carbocycles. The van der Waals surface area contributed by atoms with E-state index in [2.05, 4.69) is 10.3 Å². The van der Waals surface area contributed by atoms with Gasteiger partial charge < -0.3 is 19.7 Å². The van der Waals surface area contributed by atoms with Crippen LogP contribution in [0.2, 0.25) is 0 Å². The van der Waals surface area contributed by atoms with E-state index in [0.29, 0.717) is 37.1 Å². The van der Waals surface area contributed by atoms with Gasteiger partial charge >= 0.3 is 0 Å². The normalized spacial score (nSPS) is 15.7. The lowest BCUT2D eigenvalue weighted by atomic mass is 9.90. The summed E-state index contributed by atoms with van der Waals surface area (Å²) in [4.78, 5) is 47.1. The molecule has 0 spiro atoms. The van der Waals surface area contributed by atoms with Crippen LogP contribution in [0.4, 0.5) is 11.4 Å². The summed E-state index contributed by atoms with van der Waals surface area (Å²) in [6.07, 6.45) is 6.12. The van der Waals surface area contributed by atoms with Gasteiger partial charge in [0.1, 0.15) is 5.41 Å². The molecule has 5 rings (SSSR count). The zero-order valence-electron chi connectivity index (χ0n) is 23.4. The fourth-order valence-electron chi connectivity index (χ4n) is 5.44. The molecular formula is C32H35N5O3. The van der Waals surface area contributed by atoms with E-state index in [0.717, 1.165) is 22.2 Å². The lowest BCUT2D eigenvalue weighted by Gasteiger charge is -2.27. The minimum absolute atomic E-state index is 0.000516. The van der Waals surface area contributed by atoms with Gasteiger partial charge in [-0.05, 0) is 74.0 Å². The van der Waals surface area contributed by atoms with Crippen molar-refractivity contribution in [1.82, 2.24) is 14.9 Å². The first kappa shape index (κ1) is 27.3. The Balaban J connectivity index is 1.39. The van der Waals surface area contributed by atoms with Crippen molar-refractivity contribution in [2.45, 2.75) is 46.3 Å². The second-order valence-corrected chi connectivity index (χ2v) is 10.8. The number of carbonyl (C=O) groups excluding carboxylic acids is 2. The molecule has 0 radical (unpaired) electrons. The van der Waals surface area contributed by atoms with Crippen molar-refractivity contribution in [1.29, 1.82) is 0 Å². The van der Waals surface area contributed by atoms with Crippen molar-refractivity contribution in [3.8, 4) is 0 Å². The number of hydrogen-bond donors (Lipinski definition) is 1. The van der Waals surface area contributed by atoms with E-state index in [-0.39, 0.29) is 23.4 Å². The Kier molecular flexibility index (Phi) is 7.54. The predicted octanol–water partition coefficient (Wildman–Crippen LogP) is 4.67. The monoisotopic (exact) mass is 537 g/mol. The number of benzene rings is 2. The maximum absolute atomic E-state index is 13.2. The molecule has 8 nitrogen and oxygen atoms in total. The molecule has 1 aliphatic heterocycles. The molecule has 0 fully saturated rings. The van der Waals surface area contributed by atoms with Gasteiger partial charge in [-0.15, -0.1) is 0 Å². The fraction of sp³-hybridized carbons (Fsp3) is 0.312. The van der Waals surface area contributed by atoms with Gasteiger partial charge in [0.15, 0.2) is 0 Å². The number of anilines is 2. The van der Waals surface area contributed by atoms with Crippen LogP contribution in [-0.2, 0) is 22.7 Å². The van der Waals surface area contributed by atoms with Crippen LogP contribution in [0.1, 0.15) is 44.4 Å². The number of amides is 2. The predicted molar refractivity (Wildman–Crippen MR) is 158 cm³/mol. The van der Waals surface area contributed by atoms with Crippen molar-refractivity contribution in [2.75, 3.05) is 23.4 Å². The number of carbonyl (C=O) groups is 2. The van der Waals surface area contributed by atoms with Crippen LogP contribution in [0.15, 0.2) is 84.0 Å². The van der Waals surface area contributed by atoms with Gasteiger partial charge in [-0.3, -0.25) is 19.4 Å². The summed E-state index contributed by atoms with van der Waals surface area (Å²) in [5, 5.41) is 5.28. The first-order valence-corrected chi connectivity index (χ1v) is 13.7. The van der Waals surface area contributed by atoms with E-state index >= 15 is 0 Å². The van der Waals surface area contributed by atoms with Crippen molar-refractivity contribution < 1.29 is 9.59 Å². The number of aryl methyl sites for hydroxylation is 1. The first-order chi connectivity index (χ1) is 19.2. The molecule has 206 valence electrons. The maximum atomic E-state index is 13.2. The number of nitrogens with zero attached hydrogens (tertiary/aromatic N) is 4. The van der Waals surface area contributed by atoms with Crippen molar-refractivity contribution in [2.24, 2.45) is 5.41 Å². The Morgan fingerprint density at radius 1 is 0.950 bits per heavy atom. The zero-order chi connectivity index (χ0) is 28.4. The minimum atomic E-state index is -1.14. The van der Waals surface area contributed by atoms with E-state index in [9.17, 15) is 14.4 Å². The van der Waals surface area contributed by atoms with Gasteiger partial charge in [-0.1, -0.05) is 30.3 Å². The molecule has 0 saturated heterocycles. The summed E-state index contributed by atoms with van der Waals surface area (Å²) in [7, 11) is 1.73. The Labute approximate surface area is 234 Å². The second kappa shape index (κ2) is 11.1. The molecule has 8 heteroatoms. The van der Waals surface area contributed by atoms with Crippen LogP contribution in [0.5, 0.6) is 0 Å². The number of fused-ring (bicyclic) bond motifs is 2. The van der Waals surface area contributed by atoms with Crippen LogP contribution in [-0.4, -0.2) is 35.0 Å². The van der Waals surface area contributed by atoms with E-state index < -0.39 is 5.41 Å². The largest absolute Gasteiger partial charge is 0.315 e. The zero-order valence-corrected chi connectivity index (χ0v) is 23.4. The highest BCUT2D eigenvalue weighted by molar-refractivity contribution is 6.19. The standard InChI is InChI=1S/C32H35N5O3/c1-5-37-27-13-12-22(19-28(27)35(4)30(39)32(2,3)31(37)40)20-34-26(24-10-8-16-33-21-24)15-18-36-17-14-23-9-6-7-11-25(23)29(36)38/h6-14,16-17,19,21,26,34H,5,15,18,20H2,1-4H3. The molecule has 2 aromatic heterocycles. The molecule has 1 N–H and O–H groups in total. The maximum Gasteiger partial charge on any atom is 0.258 e. The van der Waals surface area contributed by atoms with E-state index in [1.165, 1.54) is 0 Å². The Hall–Kier alpha value is -4.30. The number of pyridine rings is 2. The van der Waals surface area contributed by atoms with Crippen molar-refractivity contribution in [3.05, 3.63) is 101 Å². The van der Waals surface area contributed by atoms with Crippen LogP contribution in [0, 0.1) is 5.41 Å². The van der Waals surface area contributed by atoms with E-state index in [1.807, 2.05) is 80.0 Å². The summed E-state index contributed by atoms with van der Waals surface area (Å²) >= 11 is 0. The van der Waals surface area contributed by atoms with Crippen molar-refractivity contribution >= 4 is 34.0 Å². The van der Waals surface area contributed by atoms with E-state index in [4.69, 9.17) is 0 Å². The minimum Gasteiger partial charge on any atom is -0.315 e. The molecule has 1 atom stereocenters. The van der Waals surface area contributed by atoms with Crippen LogP contribution < -0.4 is 20.7 Å². The van der Waals surface area contributed by atoms with Gasteiger partial charge in [0, 0.05) is 56.7 Å². The molecule has 40 heavy (non-hydrogen) atoms. The molecule has 1 aliphatic rings. The van der Waals surface area contributed by atoms with Gasteiger partial charge in [-0.2, -0.15) is 0 Å². The Morgan fingerprint density at radius 3 is 2.50 bits per heavy atom. The highest BCUT2D eigenvalue weighted by Gasteiger charge is 2.45. The summed E-state index contributed by atoms with van der Waals surface area (Å²) in [6, 6.07) is 19.4. The average Bonchev–Trinajstić information content (AvgIpc) is 3.03. The number of aromatic nitrogens is 2. The van der Waals surface area contributed by atoms with Gasteiger partial charge in [0.25, 0.3) is 5.56 Å². The molecule has 1 unspecified atom stereocenters. The lowest BCUT2D eigenvalue weighted by Crippen LogP contribution is -2.47. The lowest BCUT2D eigenvalue weighted by molar-refractivity contribution is -0.137. The molecule has 0 saturated carbocycles. The molecular weight excluding hydrogens is 502 g/mol. The summed E-state index contributed by atoms with van der Waals surface area (Å²) < 4.78 is 1.76. The average molecular weight is 538 g/mol. The van der Waals surface area contributed by atoms with Gasteiger partial charge in [-0.25, -0.2) is 0 Å². The number of rotatable bonds is 8. The van der Waals surface area contributed by atoms with Crippen LogP contribution in [0.25, 0.3) is 10.8 Å². The number of nitrogens with one attached hydrogen (secondary N) is 1. The third-order valence-electron chi connectivity index (χ3n) is 7.81. The Morgan fingerprint density at radius 2 is 1.75 bits per heavy atom. The van der Waals surface area contributed by atoms with Crippen LogP contribution in [0.3, 0.4) is 0 Å². The molecule has 2 amide bonds. The fourth-order valence-corrected chi connectivity index (χ4v) is 5.44. The SMILES string of the molecule is CCN1C(=O)C(C)(C)C(=O)N(C)c2cc(CNC(CCn3ccc4ccccc4c3=O)c3cccnc3)ccc21. The molecule has 0 bridgehead atoms. The van der Waals surface area contributed by atoms with Crippen LogP contribution >= 0.6 is 0 Å². The summed E-state index contributed by atoms with van der Waals surface area (Å²) in [5.41, 5.74) is 2.32. The van der Waals surface area contributed by atoms with E-state index in [1.54, 1.807) is 41.5 Å². The van der Waals surface area contributed by atoms with Crippen molar-refractivity contribution in [3.63, 3.8) is 0 Å². The first-order valence-electron chi connectivity index (χ1n) is 13.7. The molecule has 4 aromatic rings. The summed E-state index contributed by atoms with van der Waals surface area (Å²) in [5.74, 6) is -0.425. The molecule has 3 heterocycles. The van der Waals surface area contributed by atoms with Gasteiger partial charge in [0.05, 0.1) is 11.4 Å².